The van der Waals surface area contributed by atoms with Gasteiger partial charge in [-0.25, -0.2) is 9.78 Å². The minimum atomic E-state index is -0.616. The van der Waals surface area contributed by atoms with Crippen molar-refractivity contribution in [2.75, 3.05) is 11.1 Å². The van der Waals surface area contributed by atoms with E-state index in [1.807, 2.05) is 6.07 Å². The van der Waals surface area contributed by atoms with Crippen molar-refractivity contribution in [2.45, 2.75) is 64.5 Å². The minimum Gasteiger partial charge on any atom is -0.444 e. The number of amides is 2. The van der Waals surface area contributed by atoms with E-state index in [9.17, 15) is 9.59 Å². The Kier molecular flexibility index (Phi) is 5.25. The van der Waals surface area contributed by atoms with Crippen molar-refractivity contribution in [3.05, 3.63) is 35.3 Å². The molecule has 0 bridgehead atoms. The smallest absolute Gasteiger partial charge is 0.408 e. The molecule has 1 atom stereocenters. The third-order valence-corrected chi connectivity index (χ3v) is 4.70. The zero-order valence-corrected chi connectivity index (χ0v) is 17.3. The topological polar surface area (TPSA) is 132 Å². The average Bonchev–Trinajstić information content (AvgIpc) is 3.17. The number of rotatable bonds is 5. The molecule has 1 saturated carbocycles. The number of hydrogen-bond acceptors (Lipinski definition) is 7. The Morgan fingerprint density at radius 3 is 2.62 bits per heavy atom. The first kappa shape index (κ1) is 20.6. The molecule has 0 spiro atoms. The molecule has 1 aliphatic carbocycles. The lowest BCUT2D eigenvalue weighted by atomic mass is 10.0. The van der Waals surface area contributed by atoms with E-state index in [0.717, 1.165) is 18.5 Å². The van der Waals surface area contributed by atoms with Gasteiger partial charge >= 0.3 is 6.09 Å². The summed E-state index contributed by atoms with van der Waals surface area (Å²) in [6.07, 6.45) is 1.54. The molecule has 29 heavy (non-hydrogen) atoms. The first-order valence-electron chi connectivity index (χ1n) is 9.51. The van der Waals surface area contributed by atoms with Crippen LogP contribution in [0.2, 0.25) is 0 Å². The Bertz CT molecular complexity index is 927. The van der Waals surface area contributed by atoms with Crippen LogP contribution >= 0.6 is 0 Å². The highest BCUT2D eigenvalue weighted by atomic mass is 16.6. The average molecular weight is 401 g/mol. The van der Waals surface area contributed by atoms with Gasteiger partial charge in [-0.2, -0.15) is 0 Å². The Morgan fingerprint density at radius 1 is 1.31 bits per heavy atom. The number of pyridine rings is 1. The van der Waals surface area contributed by atoms with E-state index in [1.165, 1.54) is 6.07 Å². The predicted molar refractivity (Wildman–Crippen MR) is 107 cm³/mol. The Morgan fingerprint density at radius 2 is 2.00 bits per heavy atom. The van der Waals surface area contributed by atoms with Gasteiger partial charge in [-0.1, -0.05) is 12.1 Å². The molecule has 1 unspecified atom stereocenters. The molecule has 0 aliphatic heterocycles. The van der Waals surface area contributed by atoms with Gasteiger partial charge in [0.1, 0.15) is 5.60 Å². The molecule has 9 nitrogen and oxygen atoms in total. The first-order valence-corrected chi connectivity index (χ1v) is 9.51. The van der Waals surface area contributed by atoms with Crippen molar-refractivity contribution in [1.82, 2.24) is 15.5 Å². The van der Waals surface area contributed by atoms with Gasteiger partial charge in [-0.3, -0.25) is 4.79 Å². The van der Waals surface area contributed by atoms with Crippen LogP contribution in [0.25, 0.3) is 0 Å². The summed E-state index contributed by atoms with van der Waals surface area (Å²) in [5.74, 6) is 0.119. The fourth-order valence-corrected chi connectivity index (χ4v) is 2.68. The second-order valence-corrected chi connectivity index (χ2v) is 8.63. The Balaban J connectivity index is 1.66. The number of alkyl carbamates (subject to hydrolysis) is 1. The lowest BCUT2D eigenvalue weighted by Crippen LogP contribution is -2.33. The van der Waals surface area contributed by atoms with Gasteiger partial charge in [0.15, 0.2) is 17.3 Å². The minimum absolute atomic E-state index is 0.0526. The number of hydrogen-bond donors (Lipinski definition) is 3. The molecule has 1 aliphatic rings. The fourth-order valence-electron chi connectivity index (χ4n) is 2.68. The Labute approximate surface area is 169 Å². The molecule has 2 aromatic heterocycles. The first-order chi connectivity index (χ1) is 13.5. The van der Waals surface area contributed by atoms with Crippen molar-refractivity contribution < 1.29 is 18.8 Å². The molecule has 0 saturated heterocycles. The summed E-state index contributed by atoms with van der Waals surface area (Å²) in [5.41, 5.74) is 6.72. The van der Waals surface area contributed by atoms with Gasteiger partial charge in [0.2, 0.25) is 0 Å². The standard InChI is InChI=1S/C20H27N5O4/c1-11(22-18(27)28-19(2,3)4)14-10-13(25-29-14)17(26)24-16-12(21)6-7-15(23-16)20(5)8-9-20/h6-7,10-11H,8-9,21H2,1-5H3,(H,22,27)(H,23,24,26). The molecule has 4 N–H and O–H groups in total. The summed E-state index contributed by atoms with van der Waals surface area (Å²) in [4.78, 5) is 28.9. The molecule has 2 heterocycles. The lowest BCUT2D eigenvalue weighted by Gasteiger charge is -2.21. The third-order valence-electron chi connectivity index (χ3n) is 4.70. The zero-order chi connectivity index (χ0) is 21.4. The second kappa shape index (κ2) is 7.38. The van der Waals surface area contributed by atoms with Gasteiger partial charge in [0, 0.05) is 17.2 Å². The van der Waals surface area contributed by atoms with Crippen molar-refractivity contribution in [2.24, 2.45) is 0 Å². The monoisotopic (exact) mass is 401 g/mol. The number of carbonyl (C=O) groups is 2. The highest BCUT2D eigenvalue weighted by Crippen LogP contribution is 2.47. The number of nitrogens with zero attached hydrogens (tertiary/aromatic N) is 2. The number of anilines is 2. The molecule has 9 heteroatoms. The van der Waals surface area contributed by atoms with Gasteiger partial charge in [-0.05, 0) is 52.7 Å². The number of aromatic nitrogens is 2. The molecular formula is C20H27N5O4. The summed E-state index contributed by atoms with van der Waals surface area (Å²) in [5, 5.41) is 9.10. The van der Waals surface area contributed by atoms with E-state index >= 15 is 0 Å². The van der Waals surface area contributed by atoms with Gasteiger partial charge in [0.25, 0.3) is 5.91 Å². The molecule has 2 aromatic rings. The summed E-state index contributed by atoms with van der Waals surface area (Å²) in [6, 6.07) is 4.55. The van der Waals surface area contributed by atoms with Crippen LogP contribution in [-0.4, -0.2) is 27.7 Å². The largest absolute Gasteiger partial charge is 0.444 e. The maximum atomic E-state index is 12.5. The second-order valence-electron chi connectivity index (χ2n) is 8.63. The normalized spacial score (nSPS) is 16.0. The van der Waals surface area contributed by atoms with E-state index in [4.69, 9.17) is 15.0 Å². The molecule has 3 rings (SSSR count). The van der Waals surface area contributed by atoms with Gasteiger partial charge < -0.3 is 25.6 Å². The summed E-state index contributed by atoms with van der Waals surface area (Å²) < 4.78 is 10.4. The van der Waals surface area contributed by atoms with Crippen molar-refractivity contribution in [1.29, 1.82) is 0 Å². The van der Waals surface area contributed by atoms with Crippen LogP contribution in [0.4, 0.5) is 16.3 Å². The van der Waals surface area contributed by atoms with E-state index in [0.29, 0.717) is 17.3 Å². The zero-order valence-electron chi connectivity index (χ0n) is 17.3. The van der Waals surface area contributed by atoms with Crippen LogP contribution in [-0.2, 0) is 10.2 Å². The molecule has 156 valence electrons. The molecule has 0 aromatic carbocycles. The summed E-state index contributed by atoms with van der Waals surface area (Å²) in [7, 11) is 0. The van der Waals surface area contributed by atoms with Crippen LogP contribution in [0.15, 0.2) is 22.7 Å². The highest BCUT2D eigenvalue weighted by Gasteiger charge is 2.40. The van der Waals surface area contributed by atoms with Gasteiger partial charge in [0.05, 0.1) is 11.7 Å². The maximum absolute atomic E-state index is 12.5. The van der Waals surface area contributed by atoms with Crippen LogP contribution in [0.5, 0.6) is 0 Å². The van der Waals surface area contributed by atoms with E-state index in [-0.39, 0.29) is 11.1 Å². The molecule has 0 radical (unpaired) electrons. The lowest BCUT2D eigenvalue weighted by molar-refractivity contribution is 0.0500. The number of ether oxygens (including phenoxy) is 1. The molecule has 2 amide bonds. The van der Waals surface area contributed by atoms with E-state index in [2.05, 4.69) is 27.7 Å². The third kappa shape index (κ3) is 5.04. The number of carbonyl (C=O) groups excluding carboxylic acids is 2. The number of nitrogen functional groups attached to an aromatic ring is 1. The molecular weight excluding hydrogens is 374 g/mol. The van der Waals surface area contributed by atoms with Crippen molar-refractivity contribution in [3.63, 3.8) is 0 Å². The Hall–Kier alpha value is -3.10. The maximum Gasteiger partial charge on any atom is 0.408 e. The fraction of sp³-hybridized carbons (Fsp3) is 0.500. The van der Waals surface area contributed by atoms with Gasteiger partial charge in [-0.15, -0.1) is 0 Å². The predicted octanol–water partition coefficient (Wildman–Crippen LogP) is 3.54. The number of nitrogens with two attached hydrogens (primary N) is 1. The van der Waals surface area contributed by atoms with Crippen molar-refractivity contribution in [3.8, 4) is 0 Å². The molecule has 1 fully saturated rings. The highest BCUT2D eigenvalue weighted by molar-refractivity contribution is 6.03. The quantitative estimate of drug-likeness (QED) is 0.698. The summed E-state index contributed by atoms with van der Waals surface area (Å²) in [6.45, 7) is 9.14. The van der Waals surface area contributed by atoms with E-state index in [1.54, 1.807) is 33.8 Å². The van der Waals surface area contributed by atoms with E-state index < -0.39 is 23.6 Å². The SMILES string of the molecule is CC(NC(=O)OC(C)(C)C)c1cc(C(=O)Nc2nc(C3(C)CC3)ccc2N)no1. The van der Waals surface area contributed by atoms with Crippen molar-refractivity contribution >= 4 is 23.5 Å². The van der Waals surface area contributed by atoms with Crippen LogP contribution < -0.4 is 16.4 Å². The summed E-state index contributed by atoms with van der Waals surface area (Å²) >= 11 is 0. The van der Waals surface area contributed by atoms with Crippen LogP contribution in [0, 0.1) is 0 Å². The van der Waals surface area contributed by atoms with Crippen LogP contribution in [0.1, 0.15) is 75.4 Å². The van der Waals surface area contributed by atoms with Crippen LogP contribution in [0.3, 0.4) is 0 Å². The number of nitrogens with one attached hydrogen (secondary N) is 2.